The number of rotatable bonds is 3. The lowest BCUT2D eigenvalue weighted by molar-refractivity contribution is 0.475. The van der Waals surface area contributed by atoms with E-state index in [0.717, 1.165) is 5.56 Å². The molecule has 0 amide bonds. The largest absolute Gasteiger partial charge is 0.508 e. The fraction of sp³-hybridized carbons (Fsp3) is 0.0769. The average molecular weight is 235 g/mol. The zero-order valence-electron chi connectivity index (χ0n) is 8.95. The third-order valence-corrected chi connectivity index (χ3v) is 2.37. The molecule has 0 bridgehead atoms. The summed E-state index contributed by atoms with van der Waals surface area (Å²) in [6.07, 6.45) is 0. The second kappa shape index (κ2) is 4.82. The molecule has 0 aliphatic rings. The maximum absolute atomic E-state index is 13.3. The van der Waals surface area contributed by atoms with Gasteiger partial charge in [0.15, 0.2) is 0 Å². The lowest BCUT2D eigenvalue weighted by Gasteiger charge is -2.08. The smallest absolute Gasteiger partial charge is 0.149 e. The maximum Gasteiger partial charge on any atom is 0.149 e. The molecule has 2 aromatic carbocycles. The molecule has 2 rings (SSSR count). The van der Waals surface area contributed by atoms with Gasteiger partial charge < -0.3 is 10.4 Å². The van der Waals surface area contributed by atoms with Crippen LogP contribution < -0.4 is 5.32 Å². The van der Waals surface area contributed by atoms with Gasteiger partial charge in [0.05, 0.1) is 0 Å². The van der Waals surface area contributed by atoms with E-state index < -0.39 is 11.6 Å². The highest BCUT2D eigenvalue weighted by molar-refractivity contribution is 5.46. The molecule has 2 N–H and O–H groups in total. The first-order chi connectivity index (χ1) is 8.16. The summed E-state index contributed by atoms with van der Waals surface area (Å²) in [4.78, 5) is 0. The minimum atomic E-state index is -0.622. The number of hydrogen-bond donors (Lipinski definition) is 2. The van der Waals surface area contributed by atoms with Crippen molar-refractivity contribution in [2.24, 2.45) is 0 Å². The predicted octanol–water partition coefficient (Wildman–Crippen LogP) is 3.28. The van der Waals surface area contributed by atoms with Gasteiger partial charge in [-0.1, -0.05) is 18.2 Å². The van der Waals surface area contributed by atoms with Gasteiger partial charge in [0.25, 0.3) is 0 Å². The van der Waals surface area contributed by atoms with E-state index in [1.165, 1.54) is 30.3 Å². The molecule has 2 nitrogen and oxygen atoms in total. The molecule has 0 aliphatic carbocycles. The van der Waals surface area contributed by atoms with E-state index >= 15 is 0 Å². The molecular weight excluding hydrogens is 224 g/mol. The molecule has 0 aliphatic heterocycles. The summed E-state index contributed by atoms with van der Waals surface area (Å²) in [5.74, 6) is -1.08. The summed E-state index contributed by atoms with van der Waals surface area (Å²) in [6, 6.07) is 10.1. The summed E-state index contributed by atoms with van der Waals surface area (Å²) >= 11 is 0. The first-order valence-corrected chi connectivity index (χ1v) is 5.12. The highest BCUT2D eigenvalue weighted by atomic mass is 19.1. The van der Waals surface area contributed by atoms with E-state index in [1.807, 2.05) is 0 Å². The van der Waals surface area contributed by atoms with Gasteiger partial charge >= 0.3 is 0 Å². The summed E-state index contributed by atoms with van der Waals surface area (Å²) in [7, 11) is 0. The average Bonchev–Trinajstić information content (AvgIpc) is 2.31. The van der Waals surface area contributed by atoms with Crippen molar-refractivity contribution in [2.45, 2.75) is 6.54 Å². The van der Waals surface area contributed by atoms with Gasteiger partial charge in [-0.3, -0.25) is 0 Å². The molecule has 0 unspecified atom stereocenters. The van der Waals surface area contributed by atoms with Crippen LogP contribution in [0.15, 0.2) is 42.5 Å². The lowest BCUT2D eigenvalue weighted by atomic mass is 10.2. The molecule has 2 aromatic rings. The zero-order chi connectivity index (χ0) is 12.3. The second-order valence-electron chi connectivity index (χ2n) is 3.62. The van der Waals surface area contributed by atoms with Crippen molar-refractivity contribution in [3.05, 3.63) is 59.7 Å². The second-order valence-corrected chi connectivity index (χ2v) is 3.62. The van der Waals surface area contributed by atoms with Crippen LogP contribution >= 0.6 is 0 Å². The van der Waals surface area contributed by atoms with Gasteiger partial charge in [0.1, 0.15) is 23.1 Å². The zero-order valence-corrected chi connectivity index (χ0v) is 8.95. The molecule has 88 valence electrons. The van der Waals surface area contributed by atoms with Gasteiger partial charge in [0.2, 0.25) is 0 Å². The van der Waals surface area contributed by atoms with E-state index in [9.17, 15) is 8.78 Å². The van der Waals surface area contributed by atoms with Crippen molar-refractivity contribution in [1.82, 2.24) is 0 Å². The minimum Gasteiger partial charge on any atom is -0.508 e. The number of benzene rings is 2. The molecule has 17 heavy (non-hydrogen) atoms. The van der Waals surface area contributed by atoms with Crippen molar-refractivity contribution < 1.29 is 13.9 Å². The van der Waals surface area contributed by atoms with Crippen molar-refractivity contribution in [2.75, 3.05) is 5.32 Å². The molecule has 0 saturated heterocycles. The van der Waals surface area contributed by atoms with Crippen molar-refractivity contribution in [1.29, 1.82) is 0 Å². The summed E-state index contributed by atoms with van der Waals surface area (Å²) in [6.45, 7) is 0.290. The summed E-state index contributed by atoms with van der Waals surface area (Å²) in [5, 5.41) is 11.8. The van der Waals surface area contributed by atoms with E-state index in [0.29, 0.717) is 0 Å². The summed E-state index contributed by atoms with van der Waals surface area (Å²) in [5.41, 5.74) is 0.686. The monoisotopic (exact) mass is 235 g/mol. The Morgan fingerprint density at radius 2 is 1.53 bits per heavy atom. The number of aromatic hydroxyl groups is 1. The maximum atomic E-state index is 13.3. The van der Waals surface area contributed by atoms with E-state index in [-0.39, 0.29) is 18.0 Å². The van der Waals surface area contributed by atoms with E-state index in [2.05, 4.69) is 5.32 Å². The topological polar surface area (TPSA) is 32.3 Å². The first-order valence-electron chi connectivity index (χ1n) is 5.12. The Morgan fingerprint density at radius 1 is 0.941 bits per heavy atom. The molecule has 0 heterocycles. The number of para-hydroxylation sites is 1. The lowest BCUT2D eigenvalue weighted by Crippen LogP contribution is -2.03. The molecule has 0 aromatic heterocycles. The number of phenols is 1. The van der Waals surface area contributed by atoms with Crippen LogP contribution in [0.3, 0.4) is 0 Å². The Kier molecular flexibility index (Phi) is 3.23. The number of anilines is 1. The van der Waals surface area contributed by atoms with Crippen LogP contribution in [0, 0.1) is 11.6 Å². The van der Waals surface area contributed by atoms with Gasteiger partial charge in [-0.25, -0.2) is 8.78 Å². The normalized spacial score (nSPS) is 10.2. The molecule has 0 spiro atoms. The van der Waals surface area contributed by atoms with Gasteiger partial charge in [-0.05, 0) is 29.8 Å². The van der Waals surface area contributed by atoms with Crippen LogP contribution in [-0.2, 0) is 6.54 Å². The number of hydrogen-bond acceptors (Lipinski definition) is 2. The standard InChI is InChI=1S/C13H11F2NO/c14-11-2-1-3-12(15)13(11)16-8-9-4-6-10(17)7-5-9/h1-7,16-17H,8H2. The molecule has 0 atom stereocenters. The number of phenolic OH excluding ortho intramolecular Hbond substituents is 1. The first kappa shape index (κ1) is 11.4. The fourth-order valence-corrected chi connectivity index (χ4v) is 1.47. The molecule has 4 heteroatoms. The summed E-state index contributed by atoms with van der Waals surface area (Å²) < 4.78 is 26.5. The Labute approximate surface area is 97.5 Å². The molecular formula is C13H11F2NO. The van der Waals surface area contributed by atoms with Crippen LogP contribution in [0.2, 0.25) is 0 Å². The van der Waals surface area contributed by atoms with Gasteiger partial charge in [0, 0.05) is 6.54 Å². The number of nitrogens with one attached hydrogen (secondary N) is 1. The van der Waals surface area contributed by atoms with Crippen molar-refractivity contribution in [3.8, 4) is 5.75 Å². The Morgan fingerprint density at radius 3 is 2.12 bits per heavy atom. The predicted molar refractivity (Wildman–Crippen MR) is 61.8 cm³/mol. The SMILES string of the molecule is Oc1ccc(CNc2c(F)cccc2F)cc1. The van der Waals surface area contributed by atoms with E-state index in [1.54, 1.807) is 12.1 Å². The Balaban J connectivity index is 2.10. The quantitative estimate of drug-likeness (QED) is 0.855. The van der Waals surface area contributed by atoms with Gasteiger partial charge in [-0.2, -0.15) is 0 Å². The van der Waals surface area contributed by atoms with Crippen LogP contribution in [0.5, 0.6) is 5.75 Å². The van der Waals surface area contributed by atoms with Crippen molar-refractivity contribution >= 4 is 5.69 Å². The third kappa shape index (κ3) is 2.72. The molecule has 0 saturated carbocycles. The fourth-order valence-electron chi connectivity index (χ4n) is 1.47. The molecule has 0 radical (unpaired) electrons. The highest BCUT2D eigenvalue weighted by Crippen LogP contribution is 2.19. The van der Waals surface area contributed by atoms with Gasteiger partial charge in [-0.15, -0.1) is 0 Å². The van der Waals surface area contributed by atoms with Crippen molar-refractivity contribution in [3.63, 3.8) is 0 Å². The van der Waals surface area contributed by atoms with Crippen LogP contribution in [0.25, 0.3) is 0 Å². The van der Waals surface area contributed by atoms with E-state index in [4.69, 9.17) is 5.11 Å². The van der Waals surface area contributed by atoms with Crippen LogP contribution in [0.1, 0.15) is 5.56 Å². The molecule has 0 fully saturated rings. The number of halogens is 2. The Bertz CT molecular complexity index is 491. The Hall–Kier alpha value is -2.10. The third-order valence-electron chi connectivity index (χ3n) is 2.37. The van der Waals surface area contributed by atoms with Crippen LogP contribution in [0.4, 0.5) is 14.5 Å². The highest BCUT2D eigenvalue weighted by Gasteiger charge is 2.07. The minimum absolute atomic E-state index is 0.138. The van der Waals surface area contributed by atoms with Crippen LogP contribution in [-0.4, -0.2) is 5.11 Å².